The third-order valence-corrected chi connectivity index (χ3v) is 4.23. The van der Waals surface area contributed by atoms with E-state index in [0.29, 0.717) is 10.6 Å². The Labute approximate surface area is 112 Å². The lowest BCUT2D eigenvalue weighted by Gasteiger charge is -2.26. The van der Waals surface area contributed by atoms with Gasteiger partial charge in [-0.05, 0) is 37.3 Å². The van der Waals surface area contributed by atoms with Gasteiger partial charge in [-0.15, -0.1) is 0 Å². The number of halogens is 2. The van der Waals surface area contributed by atoms with Crippen LogP contribution in [0.3, 0.4) is 0 Å². The van der Waals surface area contributed by atoms with Gasteiger partial charge in [0.15, 0.2) is 0 Å². The van der Waals surface area contributed by atoms with Gasteiger partial charge in [0, 0.05) is 10.6 Å². The molecule has 2 rings (SSSR count). The third-order valence-electron chi connectivity index (χ3n) is 3.90. The molecule has 1 aromatic rings. The minimum absolute atomic E-state index is 0.163. The van der Waals surface area contributed by atoms with Gasteiger partial charge in [-0.2, -0.15) is 0 Å². The fourth-order valence-electron chi connectivity index (χ4n) is 2.75. The van der Waals surface area contributed by atoms with Crippen molar-refractivity contribution in [2.75, 3.05) is 0 Å². The molecule has 0 bridgehead atoms. The van der Waals surface area contributed by atoms with Crippen LogP contribution in [0.25, 0.3) is 0 Å². The average molecular weight is 272 g/mol. The third kappa shape index (κ3) is 2.53. The first-order valence-electron chi connectivity index (χ1n) is 6.40. The summed E-state index contributed by atoms with van der Waals surface area (Å²) in [7, 11) is 0. The van der Waals surface area contributed by atoms with E-state index in [9.17, 15) is 9.50 Å². The van der Waals surface area contributed by atoms with E-state index in [2.05, 4.69) is 0 Å². The van der Waals surface area contributed by atoms with Crippen LogP contribution >= 0.6 is 11.6 Å². The van der Waals surface area contributed by atoms with Crippen LogP contribution < -0.4 is 5.73 Å². The molecule has 100 valence electrons. The molecular weight excluding hydrogens is 253 g/mol. The van der Waals surface area contributed by atoms with E-state index < -0.39 is 18.0 Å². The van der Waals surface area contributed by atoms with E-state index in [1.165, 1.54) is 0 Å². The lowest BCUT2D eigenvalue weighted by Crippen LogP contribution is -2.33. The predicted molar refractivity (Wildman–Crippen MR) is 71.0 cm³/mol. The fraction of sp³-hybridized carbons (Fsp3) is 0.571. The first kappa shape index (κ1) is 13.8. The second-order valence-corrected chi connectivity index (χ2v) is 5.56. The Kier molecular flexibility index (Phi) is 4.25. The minimum Gasteiger partial charge on any atom is -0.391 e. The van der Waals surface area contributed by atoms with Gasteiger partial charge >= 0.3 is 0 Å². The predicted octanol–water partition coefficient (Wildman–Crippen LogP) is 3.34. The molecule has 0 heterocycles. The Bertz CT molecular complexity index is 432. The Balaban J connectivity index is 2.27. The van der Waals surface area contributed by atoms with Gasteiger partial charge in [-0.1, -0.05) is 30.5 Å². The molecule has 0 amide bonds. The highest BCUT2D eigenvalue weighted by Crippen LogP contribution is 2.35. The standard InChI is InChI=1S/C14H19ClFNO/c1-8-6-7-10(15)11(12(8)16)13(17)14(18)9-4-2-3-5-9/h6-7,9,13-14,18H,2-5,17H2,1H3/t13-,14+/m0/s1. The van der Waals surface area contributed by atoms with Crippen LogP contribution in [0, 0.1) is 18.7 Å². The van der Waals surface area contributed by atoms with Gasteiger partial charge in [0.05, 0.1) is 12.1 Å². The molecule has 0 spiro atoms. The first-order valence-corrected chi connectivity index (χ1v) is 6.78. The zero-order valence-electron chi connectivity index (χ0n) is 10.5. The number of aryl methyl sites for hydroxylation is 1. The molecule has 1 aromatic carbocycles. The summed E-state index contributed by atoms with van der Waals surface area (Å²) >= 11 is 6.02. The van der Waals surface area contributed by atoms with E-state index in [1.54, 1.807) is 19.1 Å². The molecule has 3 N–H and O–H groups in total. The lowest BCUT2D eigenvalue weighted by atomic mass is 9.90. The maximum atomic E-state index is 14.1. The van der Waals surface area contributed by atoms with Gasteiger partial charge in [-0.3, -0.25) is 0 Å². The fourth-order valence-corrected chi connectivity index (χ4v) is 3.02. The number of hydrogen-bond acceptors (Lipinski definition) is 2. The molecular formula is C14H19ClFNO. The SMILES string of the molecule is Cc1ccc(Cl)c([C@H](N)[C@H](O)C2CCCC2)c1F. The lowest BCUT2D eigenvalue weighted by molar-refractivity contribution is 0.0833. The quantitative estimate of drug-likeness (QED) is 0.886. The molecule has 0 unspecified atom stereocenters. The second kappa shape index (κ2) is 5.55. The molecule has 18 heavy (non-hydrogen) atoms. The van der Waals surface area contributed by atoms with E-state index in [0.717, 1.165) is 25.7 Å². The maximum Gasteiger partial charge on any atom is 0.132 e. The monoisotopic (exact) mass is 271 g/mol. The molecule has 0 aromatic heterocycles. The van der Waals surface area contributed by atoms with Crippen LogP contribution in [0.1, 0.15) is 42.9 Å². The number of hydrogen-bond donors (Lipinski definition) is 2. The second-order valence-electron chi connectivity index (χ2n) is 5.15. The summed E-state index contributed by atoms with van der Waals surface area (Å²) < 4.78 is 14.1. The van der Waals surface area contributed by atoms with E-state index in [4.69, 9.17) is 17.3 Å². The Morgan fingerprint density at radius 3 is 2.61 bits per heavy atom. The van der Waals surface area contributed by atoms with Crippen molar-refractivity contribution in [2.24, 2.45) is 11.7 Å². The van der Waals surface area contributed by atoms with Crippen molar-refractivity contribution in [1.82, 2.24) is 0 Å². The summed E-state index contributed by atoms with van der Waals surface area (Å²) in [5.74, 6) is -0.233. The first-order chi connectivity index (χ1) is 8.52. The highest BCUT2D eigenvalue weighted by Gasteiger charge is 2.31. The number of rotatable bonds is 3. The minimum atomic E-state index is -0.750. The normalized spacial score (nSPS) is 20.1. The van der Waals surface area contributed by atoms with Gasteiger partial charge in [0.1, 0.15) is 5.82 Å². The van der Waals surface area contributed by atoms with E-state index >= 15 is 0 Å². The smallest absolute Gasteiger partial charge is 0.132 e. The van der Waals surface area contributed by atoms with Gasteiger partial charge < -0.3 is 10.8 Å². The van der Waals surface area contributed by atoms with Gasteiger partial charge in [-0.25, -0.2) is 4.39 Å². The number of benzene rings is 1. The van der Waals surface area contributed by atoms with Crippen molar-refractivity contribution in [1.29, 1.82) is 0 Å². The van der Waals surface area contributed by atoms with Crippen LogP contribution in [0.4, 0.5) is 4.39 Å². The van der Waals surface area contributed by atoms with E-state index in [-0.39, 0.29) is 11.5 Å². The molecule has 1 saturated carbocycles. The number of nitrogens with two attached hydrogens (primary N) is 1. The molecule has 2 nitrogen and oxygen atoms in total. The maximum absolute atomic E-state index is 14.1. The van der Waals surface area contributed by atoms with Crippen molar-refractivity contribution >= 4 is 11.6 Å². The summed E-state index contributed by atoms with van der Waals surface area (Å²) in [5.41, 5.74) is 6.76. The zero-order valence-corrected chi connectivity index (χ0v) is 11.3. The van der Waals surface area contributed by atoms with E-state index in [1.807, 2.05) is 0 Å². The zero-order chi connectivity index (χ0) is 13.3. The summed E-state index contributed by atoms with van der Waals surface area (Å²) in [6, 6.07) is 2.51. The topological polar surface area (TPSA) is 46.2 Å². The summed E-state index contributed by atoms with van der Waals surface area (Å²) in [6.07, 6.45) is 3.41. The molecule has 1 aliphatic carbocycles. The summed E-state index contributed by atoms with van der Waals surface area (Å²) in [5, 5.41) is 10.6. The van der Waals surface area contributed by atoms with Crippen molar-refractivity contribution < 1.29 is 9.50 Å². The van der Waals surface area contributed by atoms with Crippen molar-refractivity contribution in [3.05, 3.63) is 34.1 Å². The molecule has 0 aliphatic heterocycles. The highest BCUT2D eigenvalue weighted by molar-refractivity contribution is 6.31. The van der Waals surface area contributed by atoms with Crippen LogP contribution in [0.5, 0.6) is 0 Å². The summed E-state index contributed by atoms with van der Waals surface area (Å²) in [6.45, 7) is 1.67. The van der Waals surface area contributed by atoms with Gasteiger partial charge in [0.25, 0.3) is 0 Å². The average Bonchev–Trinajstić information content (AvgIpc) is 2.87. The highest BCUT2D eigenvalue weighted by atomic mass is 35.5. The van der Waals surface area contributed by atoms with Crippen LogP contribution in [0.2, 0.25) is 5.02 Å². The Morgan fingerprint density at radius 1 is 1.39 bits per heavy atom. The molecule has 0 radical (unpaired) electrons. The Hall–Kier alpha value is -0.640. The number of aliphatic hydroxyl groups excluding tert-OH is 1. The molecule has 1 fully saturated rings. The van der Waals surface area contributed by atoms with Crippen LogP contribution in [-0.4, -0.2) is 11.2 Å². The molecule has 1 aliphatic rings. The van der Waals surface area contributed by atoms with Gasteiger partial charge in [0.2, 0.25) is 0 Å². The Morgan fingerprint density at radius 2 is 2.00 bits per heavy atom. The van der Waals surface area contributed by atoms with Crippen molar-refractivity contribution in [2.45, 2.75) is 44.8 Å². The van der Waals surface area contributed by atoms with Crippen LogP contribution in [-0.2, 0) is 0 Å². The van der Waals surface area contributed by atoms with Crippen LogP contribution in [0.15, 0.2) is 12.1 Å². The summed E-state index contributed by atoms with van der Waals surface area (Å²) in [4.78, 5) is 0. The largest absolute Gasteiger partial charge is 0.391 e. The van der Waals surface area contributed by atoms with Crippen molar-refractivity contribution in [3.8, 4) is 0 Å². The molecule has 2 atom stereocenters. The number of aliphatic hydroxyl groups is 1. The molecule has 4 heteroatoms. The molecule has 0 saturated heterocycles. The van der Waals surface area contributed by atoms with Crippen molar-refractivity contribution in [3.63, 3.8) is 0 Å².